The van der Waals surface area contributed by atoms with E-state index < -0.39 is 55.3 Å². The second-order valence-corrected chi connectivity index (χ2v) is 8.18. The van der Waals surface area contributed by atoms with Crippen LogP contribution in [0.3, 0.4) is 0 Å². The molecule has 0 spiro atoms. The minimum absolute atomic E-state index is 0.251. The summed E-state index contributed by atoms with van der Waals surface area (Å²) in [6.45, 7) is 3.07. The third kappa shape index (κ3) is 4.23. The zero-order chi connectivity index (χ0) is 23.2. The van der Waals surface area contributed by atoms with Gasteiger partial charge in [0.25, 0.3) is 0 Å². The van der Waals surface area contributed by atoms with Crippen LogP contribution in [-0.2, 0) is 14.2 Å². The Morgan fingerprint density at radius 1 is 0.906 bits per heavy atom. The number of hydrogen-bond donors (Lipinski definition) is 6. The van der Waals surface area contributed by atoms with E-state index in [2.05, 4.69) is 0 Å². The number of aliphatic hydroxyl groups excluding tert-OH is 6. The molecule has 2 aliphatic heterocycles. The number of benzene rings is 1. The maximum atomic E-state index is 10.4. The highest BCUT2D eigenvalue weighted by Crippen LogP contribution is 2.33. The van der Waals surface area contributed by atoms with E-state index >= 15 is 0 Å². The van der Waals surface area contributed by atoms with Crippen LogP contribution in [0.25, 0.3) is 11.0 Å². The highest BCUT2D eigenvalue weighted by atomic mass is 16.7. The Balaban J connectivity index is 1.46. The van der Waals surface area contributed by atoms with Gasteiger partial charge in [-0.3, -0.25) is 0 Å². The fourth-order valence-electron chi connectivity index (χ4n) is 3.86. The fourth-order valence-corrected chi connectivity index (χ4v) is 3.86. The van der Waals surface area contributed by atoms with Crippen LogP contribution in [0.1, 0.15) is 11.1 Å². The van der Waals surface area contributed by atoms with Crippen molar-refractivity contribution >= 4 is 11.0 Å². The van der Waals surface area contributed by atoms with E-state index in [0.717, 1.165) is 16.5 Å². The van der Waals surface area contributed by atoms with Crippen molar-refractivity contribution in [3.63, 3.8) is 0 Å². The third-order valence-electron chi connectivity index (χ3n) is 6.05. The van der Waals surface area contributed by atoms with Crippen molar-refractivity contribution < 1.29 is 54.0 Å². The van der Waals surface area contributed by atoms with Gasteiger partial charge < -0.3 is 54.0 Å². The summed E-state index contributed by atoms with van der Waals surface area (Å²) in [5.41, 5.74) is 2.31. The molecule has 2 aliphatic rings. The summed E-state index contributed by atoms with van der Waals surface area (Å²) in [6.07, 6.45) is -11.1. The Kier molecular flexibility index (Phi) is 6.73. The molecule has 2 fully saturated rings. The van der Waals surface area contributed by atoms with Gasteiger partial charge >= 0.3 is 0 Å². The second-order valence-electron chi connectivity index (χ2n) is 8.18. The van der Waals surface area contributed by atoms with Gasteiger partial charge in [-0.1, -0.05) is 0 Å². The fraction of sp³-hybridized carbons (Fsp3) is 0.619. The van der Waals surface area contributed by atoms with Crippen LogP contribution in [0.4, 0.5) is 0 Å². The highest BCUT2D eigenvalue weighted by Gasteiger charge is 2.46. The second kappa shape index (κ2) is 9.21. The first kappa shape index (κ1) is 23.4. The molecule has 0 saturated carbocycles. The largest absolute Gasteiger partial charge is 0.464 e. The van der Waals surface area contributed by atoms with Gasteiger partial charge in [0.15, 0.2) is 6.29 Å². The summed E-state index contributed by atoms with van der Waals surface area (Å²) in [5.74, 6) is 0.409. The van der Waals surface area contributed by atoms with Crippen molar-refractivity contribution in [1.29, 1.82) is 0 Å². The Hall–Kier alpha value is -1.80. The van der Waals surface area contributed by atoms with E-state index in [4.69, 9.17) is 23.4 Å². The van der Waals surface area contributed by atoms with Crippen LogP contribution >= 0.6 is 0 Å². The maximum Gasteiger partial charge on any atom is 0.229 e. The van der Waals surface area contributed by atoms with Gasteiger partial charge in [-0.05, 0) is 37.1 Å². The Morgan fingerprint density at radius 3 is 2.38 bits per heavy atom. The van der Waals surface area contributed by atoms with Crippen molar-refractivity contribution in [2.75, 3.05) is 13.2 Å². The van der Waals surface area contributed by atoms with E-state index in [1.54, 1.807) is 18.4 Å². The SMILES string of the molecule is Cc1c(OC2OC(COC3OCC(O)C(O)C3O)C(O)C(O)C2O)cc2ccoc2c1C. The molecule has 11 heteroatoms. The van der Waals surface area contributed by atoms with Crippen molar-refractivity contribution in [2.45, 2.75) is 69.2 Å². The summed E-state index contributed by atoms with van der Waals surface area (Å²) in [7, 11) is 0. The monoisotopic (exact) mass is 456 g/mol. The Labute approximate surface area is 183 Å². The van der Waals surface area contributed by atoms with Gasteiger partial charge in [0.2, 0.25) is 6.29 Å². The summed E-state index contributed by atoms with van der Waals surface area (Å²) >= 11 is 0. The third-order valence-corrected chi connectivity index (χ3v) is 6.05. The number of hydrogen-bond acceptors (Lipinski definition) is 11. The van der Waals surface area contributed by atoms with Crippen molar-refractivity contribution in [2.24, 2.45) is 0 Å². The molecule has 1 aromatic carbocycles. The van der Waals surface area contributed by atoms with Gasteiger partial charge in [-0.2, -0.15) is 0 Å². The predicted octanol–water partition coefficient (Wildman–Crippen LogP) is -1.31. The topological polar surface area (TPSA) is 171 Å². The number of ether oxygens (including phenoxy) is 4. The summed E-state index contributed by atoms with van der Waals surface area (Å²) in [4.78, 5) is 0. The number of rotatable bonds is 5. The summed E-state index contributed by atoms with van der Waals surface area (Å²) < 4.78 is 27.6. The molecule has 32 heavy (non-hydrogen) atoms. The molecule has 6 N–H and O–H groups in total. The molecular weight excluding hydrogens is 428 g/mol. The number of aliphatic hydroxyl groups is 6. The first-order chi connectivity index (χ1) is 15.2. The molecule has 178 valence electrons. The molecule has 3 heterocycles. The molecule has 0 aliphatic carbocycles. The first-order valence-corrected chi connectivity index (χ1v) is 10.3. The number of furan rings is 1. The van der Waals surface area contributed by atoms with E-state index in [0.29, 0.717) is 11.3 Å². The molecule has 11 nitrogen and oxygen atoms in total. The Morgan fingerprint density at radius 2 is 1.62 bits per heavy atom. The van der Waals surface area contributed by atoms with Crippen LogP contribution in [0, 0.1) is 13.8 Å². The average Bonchev–Trinajstić information content (AvgIpc) is 3.25. The molecule has 9 atom stereocenters. The normalized spacial score (nSPS) is 38.2. The predicted molar refractivity (Wildman–Crippen MR) is 107 cm³/mol. The van der Waals surface area contributed by atoms with Crippen LogP contribution in [0.15, 0.2) is 22.8 Å². The Bertz CT molecular complexity index is 930. The quantitative estimate of drug-likeness (QED) is 0.316. The van der Waals surface area contributed by atoms with Crippen LogP contribution < -0.4 is 4.74 Å². The first-order valence-electron chi connectivity index (χ1n) is 10.3. The maximum absolute atomic E-state index is 10.4. The number of aryl methyl sites for hydroxylation is 1. The highest BCUT2D eigenvalue weighted by molar-refractivity contribution is 5.83. The van der Waals surface area contributed by atoms with Crippen LogP contribution in [0.5, 0.6) is 5.75 Å². The van der Waals surface area contributed by atoms with Crippen LogP contribution in [0.2, 0.25) is 0 Å². The summed E-state index contributed by atoms with van der Waals surface area (Å²) in [5, 5.41) is 61.1. The lowest BCUT2D eigenvalue weighted by Crippen LogP contribution is -2.61. The number of fused-ring (bicyclic) bond motifs is 1. The molecule has 2 aromatic rings. The van der Waals surface area contributed by atoms with E-state index in [-0.39, 0.29) is 13.2 Å². The minimum atomic E-state index is -1.59. The lowest BCUT2D eigenvalue weighted by atomic mass is 9.99. The molecular formula is C21H28O11. The van der Waals surface area contributed by atoms with E-state index in [9.17, 15) is 30.6 Å². The van der Waals surface area contributed by atoms with Gasteiger partial charge in [0.05, 0.1) is 19.5 Å². The minimum Gasteiger partial charge on any atom is -0.464 e. The van der Waals surface area contributed by atoms with Gasteiger partial charge in [0, 0.05) is 5.39 Å². The zero-order valence-corrected chi connectivity index (χ0v) is 17.6. The smallest absolute Gasteiger partial charge is 0.229 e. The molecule has 0 bridgehead atoms. The van der Waals surface area contributed by atoms with Crippen molar-refractivity contribution in [3.05, 3.63) is 29.5 Å². The summed E-state index contributed by atoms with van der Waals surface area (Å²) in [6, 6.07) is 3.49. The van der Waals surface area contributed by atoms with Gasteiger partial charge in [-0.15, -0.1) is 0 Å². The van der Waals surface area contributed by atoms with E-state index in [1.807, 2.05) is 13.8 Å². The zero-order valence-electron chi connectivity index (χ0n) is 17.6. The molecule has 1 aromatic heterocycles. The standard InChI is InChI=1S/C21H28O11/c1-8-9(2)19-10(3-4-28-19)5-12(8)31-21-18(27)16(25)15(24)13(32-21)7-30-20-17(26)14(23)11(22)6-29-20/h3-5,11,13-18,20-27H,6-7H2,1-2H3. The van der Waals surface area contributed by atoms with Gasteiger partial charge in [0.1, 0.15) is 54.1 Å². The molecule has 0 amide bonds. The molecule has 0 radical (unpaired) electrons. The van der Waals surface area contributed by atoms with Crippen LogP contribution in [-0.4, -0.2) is 99.2 Å². The lowest BCUT2D eigenvalue weighted by molar-refractivity contribution is -0.307. The average molecular weight is 456 g/mol. The van der Waals surface area contributed by atoms with Gasteiger partial charge in [-0.25, -0.2) is 0 Å². The van der Waals surface area contributed by atoms with Crippen molar-refractivity contribution in [1.82, 2.24) is 0 Å². The molecule has 2 saturated heterocycles. The van der Waals surface area contributed by atoms with Crippen molar-refractivity contribution in [3.8, 4) is 5.75 Å². The lowest BCUT2D eigenvalue weighted by Gasteiger charge is -2.41. The van der Waals surface area contributed by atoms with E-state index in [1.165, 1.54) is 0 Å². The molecule has 9 unspecified atom stereocenters. The molecule has 4 rings (SSSR count).